The highest BCUT2D eigenvalue weighted by Crippen LogP contribution is 2.21. The van der Waals surface area contributed by atoms with E-state index in [1.807, 2.05) is 0 Å². The summed E-state index contributed by atoms with van der Waals surface area (Å²) >= 11 is 0. The molecule has 0 aromatic carbocycles. The van der Waals surface area contributed by atoms with Gasteiger partial charge in [-0.1, -0.05) is 6.92 Å². The Labute approximate surface area is 70.2 Å². The predicted octanol–water partition coefficient (Wildman–Crippen LogP) is -1.80. The maximum Gasteiger partial charge on any atom is 0.183 e. The molecule has 0 saturated carbocycles. The van der Waals surface area contributed by atoms with Crippen molar-refractivity contribution in [1.82, 2.24) is 0 Å². The SMILES string of the molecule is CCC1OC(O)[C@H](O)[C@@H](O)C1O. The van der Waals surface area contributed by atoms with Crippen LogP contribution in [-0.4, -0.2) is 51.1 Å². The van der Waals surface area contributed by atoms with Crippen LogP contribution < -0.4 is 0 Å². The van der Waals surface area contributed by atoms with E-state index in [2.05, 4.69) is 0 Å². The second-order valence-corrected chi connectivity index (χ2v) is 2.95. The second-order valence-electron chi connectivity index (χ2n) is 2.95. The van der Waals surface area contributed by atoms with Crippen LogP contribution in [0.4, 0.5) is 0 Å². The van der Waals surface area contributed by atoms with Crippen molar-refractivity contribution in [2.24, 2.45) is 0 Å². The van der Waals surface area contributed by atoms with Gasteiger partial charge in [0.25, 0.3) is 0 Å². The van der Waals surface area contributed by atoms with Crippen molar-refractivity contribution in [3.8, 4) is 0 Å². The molecular formula is C7H14O5. The molecule has 72 valence electrons. The van der Waals surface area contributed by atoms with Crippen LogP contribution in [0.2, 0.25) is 0 Å². The third-order valence-corrected chi connectivity index (χ3v) is 2.09. The van der Waals surface area contributed by atoms with Gasteiger partial charge in [-0.3, -0.25) is 0 Å². The summed E-state index contributed by atoms with van der Waals surface area (Å²) in [5, 5.41) is 36.5. The monoisotopic (exact) mass is 178 g/mol. The zero-order valence-electron chi connectivity index (χ0n) is 6.79. The molecule has 1 heterocycles. The van der Waals surface area contributed by atoms with Crippen LogP contribution in [-0.2, 0) is 4.74 Å². The highest BCUT2D eigenvalue weighted by molar-refractivity contribution is 4.87. The third-order valence-electron chi connectivity index (χ3n) is 2.09. The second kappa shape index (κ2) is 3.68. The minimum absolute atomic E-state index is 0.474. The highest BCUT2D eigenvalue weighted by atomic mass is 16.6. The van der Waals surface area contributed by atoms with E-state index >= 15 is 0 Å². The smallest absolute Gasteiger partial charge is 0.183 e. The first-order valence-corrected chi connectivity index (χ1v) is 3.95. The first kappa shape index (κ1) is 9.88. The Morgan fingerprint density at radius 3 is 2.08 bits per heavy atom. The lowest BCUT2D eigenvalue weighted by atomic mass is 9.97. The summed E-state index contributed by atoms with van der Waals surface area (Å²) in [7, 11) is 0. The van der Waals surface area contributed by atoms with Crippen LogP contribution in [0.3, 0.4) is 0 Å². The fraction of sp³-hybridized carbons (Fsp3) is 1.00. The van der Waals surface area contributed by atoms with Crippen molar-refractivity contribution in [3.63, 3.8) is 0 Å². The molecule has 0 spiro atoms. The van der Waals surface area contributed by atoms with Gasteiger partial charge < -0.3 is 25.2 Å². The van der Waals surface area contributed by atoms with Gasteiger partial charge in [0, 0.05) is 0 Å². The van der Waals surface area contributed by atoms with Gasteiger partial charge in [-0.15, -0.1) is 0 Å². The molecule has 3 unspecified atom stereocenters. The molecule has 0 aliphatic carbocycles. The summed E-state index contributed by atoms with van der Waals surface area (Å²) < 4.78 is 4.83. The summed E-state index contributed by atoms with van der Waals surface area (Å²) in [5.74, 6) is 0. The quantitative estimate of drug-likeness (QED) is 0.380. The van der Waals surface area contributed by atoms with Gasteiger partial charge >= 0.3 is 0 Å². The van der Waals surface area contributed by atoms with E-state index in [0.29, 0.717) is 6.42 Å². The van der Waals surface area contributed by atoms with E-state index in [1.54, 1.807) is 6.92 Å². The Hall–Kier alpha value is -0.200. The minimum Gasteiger partial charge on any atom is -0.388 e. The molecule has 0 bridgehead atoms. The third kappa shape index (κ3) is 1.60. The first-order chi connectivity index (χ1) is 5.57. The normalized spacial score (nSPS) is 49.2. The number of rotatable bonds is 1. The number of hydrogen-bond acceptors (Lipinski definition) is 5. The average molecular weight is 178 g/mol. The van der Waals surface area contributed by atoms with Crippen molar-refractivity contribution in [1.29, 1.82) is 0 Å². The molecule has 12 heavy (non-hydrogen) atoms. The Balaban J connectivity index is 2.63. The molecule has 5 atom stereocenters. The molecule has 1 fully saturated rings. The van der Waals surface area contributed by atoms with E-state index in [1.165, 1.54) is 0 Å². The molecule has 4 N–H and O–H groups in total. The van der Waals surface area contributed by atoms with E-state index < -0.39 is 30.7 Å². The molecule has 1 rings (SSSR count). The molecule has 0 radical (unpaired) electrons. The predicted molar refractivity (Wildman–Crippen MR) is 39.2 cm³/mol. The summed E-state index contributed by atoms with van der Waals surface area (Å²) in [4.78, 5) is 0. The van der Waals surface area contributed by atoms with Gasteiger partial charge in [-0.25, -0.2) is 0 Å². The average Bonchev–Trinajstić information content (AvgIpc) is 2.08. The van der Waals surface area contributed by atoms with Crippen molar-refractivity contribution < 1.29 is 25.2 Å². The van der Waals surface area contributed by atoms with Crippen molar-refractivity contribution >= 4 is 0 Å². The van der Waals surface area contributed by atoms with Crippen LogP contribution in [0.15, 0.2) is 0 Å². The van der Waals surface area contributed by atoms with Gasteiger partial charge in [0.15, 0.2) is 6.29 Å². The van der Waals surface area contributed by atoms with Crippen LogP contribution in [0.25, 0.3) is 0 Å². The molecule has 0 aromatic heterocycles. The molecule has 5 nitrogen and oxygen atoms in total. The van der Waals surface area contributed by atoms with Gasteiger partial charge in [0.2, 0.25) is 0 Å². The standard InChI is InChI=1S/C7H14O5/c1-2-3-4(8)5(9)6(10)7(11)12-3/h3-11H,2H2,1H3/t3?,4?,5-,6+,7?/m0/s1. The Morgan fingerprint density at radius 2 is 1.58 bits per heavy atom. The minimum atomic E-state index is -1.43. The van der Waals surface area contributed by atoms with E-state index in [0.717, 1.165) is 0 Å². The van der Waals surface area contributed by atoms with Crippen LogP contribution in [0.5, 0.6) is 0 Å². The van der Waals surface area contributed by atoms with Crippen LogP contribution in [0.1, 0.15) is 13.3 Å². The van der Waals surface area contributed by atoms with Crippen molar-refractivity contribution in [2.75, 3.05) is 0 Å². The lowest BCUT2D eigenvalue weighted by Gasteiger charge is -2.37. The molecule has 0 aromatic rings. The first-order valence-electron chi connectivity index (χ1n) is 3.95. The lowest BCUT2D eigenvalue weighted by molar-refractivity contribution is -0.281. The maximum atomic E-state index is 9.28. The highest BCUT2D eigenvalue weighted by Gasteiger charge is 2.41. The molecule has 1 aliphatic heterocycles. The van der Waals surface area contributed by atoms with Crippen LogP contribution >= 0.6 is 0 Å². The Kier molecular flexibility index (Phi) is 3.03. The van der Waals surface area contributed by atoms with Crippen LogP contribution in [0, 0.1) is 0 Å². The topological polar surface area (TPSA) is 90.2 Å². The fourth-order valence-electron chi connectivity index (χ4n) is 1.27. The molecule has 1 aliphatic rings. The van der Waals surface area contributed by atoms with Crippen molar-refractivity contribution in [3.05, 3.63) is 0 Å². The number of aliphatic hydroxyl groups excluding tert-OH is 4. The molecule has 1 saturated heterocycles. The Morgan fingerprint density at radius 1 is 1.00 bits per heavy atom. The lowest BCUT2D eigenvalue weighted by Crippen LogP contribution is -2.57. The summed E-state index contributed by atoms with van der Waals surface area (Å²) in [6.07, 6.45) is -5.44. The number of ether oxygens (including phenoxy) is 1. The van der Waals surface area contributed by atoms with E-state index in [-0.39, 0.29) is 0 Å². The van der Waals surface area contributed by atoms with E-state index in [4.69, 9.17) is 14.9 Å². The largest absolute Gasteiger partial charge is 0.388 e. The maximum absolute atomic E-state index is 9.28. The van der Waals surface area contributed by atoms with Gasteiger partial charge in [0.05, 0.1) is 6.10 Å². The fourth-order valence-corrected chi connectivity index (χ4v) is 1.27. The molecule has 0 amide bonds. The van der Waals surface area contributed by atoms with Gasteiger partial charge in [-0.05, 0) is 6.42 Å². The zero-order valence-corrected chi connectivity index (χ0v) is 6.79. The van der Waals surface area contributed by atoms with Crippen molar-refractivity contribution in [2.45, 2.75) is 44.1 Å². The summed E-state index contributed by atoms with van der Waals surface area (Å²) in [6.45, 7) is 1.75. The number of aliphatic hydroxyl groups is 4. The summed E-state index contributed by atoms with van der Waals surface area (Å²) in [6, 6.07) is 0. The van der Waals surface area contributed by atoms with E-state index in [9.17, 15) is 10.2 Å². The van der Waals surface area contributed by atoms with Gasteiger partial charge in [-0.2, -0.15) is 0 Å². The molecule has 5 heteroatoms. The van der Waals surface area contributed by atoms with Gasteiger partial charge in [0.1, 0.15) is 18.3 Å². The summed E-state index contributed by atoms with van der Waals surface area (Å²) in [5.41, 5.74) is 0. The number of hydrogen-bond donors (Lipinski definition) is 4. The molecular weight excluding hydrogens is 164 g/mol. The Bertz CT molecular complexity index is 146. The zero-order chi connectivity index (χ0) is 9.30.